The molecule has 0 spiro atoms. The van der Waals surface area contributed by atoms with Crippen molar-refractivity contribution in [3.63, 3.8) is 0 Å². The second-order valence-corrected chi connectivity index (χ2v) is 4.54. The van der Waals surface area contributed by atoms with Gasteiger partial charge in [0.25, 0.3) is 0 Å². The number of hydrogen-bond acceptors (Lipinski definition) is 3. The van der Waals surface area contributed by atoms with E-state index < -0.39 is 5.97 Å². The molecule has 0 bridgehead atoms. The Morgan fingerprint density at radius 1 is 1.44 bits per heavy atom. The maximum atomic E-state index is 10.4. The van der Waals surface area contributed by atoms with Crippen LogP contribution in [0.4, 0.5) is 5.69 Å². The van der Waals surface area contributed by atoms with Crippen molar-refractivity contribution in [3.05, 3.63) is 23.8 Å². The highest BCUT2D eigenvalue weighted by Gasteiger charge is 2.08. The molecule has 1 rings (SSSR count). The summed E-state index contributed by atoms with van der Waals surface area (Å²) in [5.41, 5.74) is 2.16. The van der Waals surface area contributed by atoms with Crippen LogP contribution >= 0.6 is 0 Å². The third-order valence-electron chi connectivity index (χ3n) is 2.75. The molecule has 0 saturated carbocycles. The Bertz CT molecular complexity index is 402. The lowest BCUT2D eigenvalue weighted by Crippen LogP contribution is -2.05. The molecule has 0 aromatic heterocycles. The fourth-order valence-corrected chi connectivity index (χ4v) is 1.77. The van der Waals surface area contributed by atoms with Gasteiger partial charge in [-0.3, -0.25) is 4.79 Å². The second kappa shape index (κ2) is 6.89. The smallest absolute Gasteiger partial charge is 0.303 e. The lowest BCUT2D eigenvalue weighted by molar-refractivity contribution is -0.137. The van der Waals surface area contributed by atoms with Crippen LogP contribution in [0.3, 0.4) is 0 Å². The Morgan fingerprint density at radius 2 is 2.17 bits per heavy atom. The minimum absolute atomic E-state index is 0.195. The van der Waals surface area contributed by atoms with Crippen LogP contribution in [0.1, 0.15) is 38.2 Å². The third-order valence-corrected chi connectivity index (χ3v) is 2.75. The van der Waals surface area contributed by atoms with Crippen LogP contribution in [0.15, 0.2) is 18.2 Å². The number of benzene rings is 1. The van der Waals surface area contributed by atoms with Crippen molar-refractivity contribution in [2.24, 2.45) is 0 Å². The number of aliphatic carboxylic acids is 1. The van der Waals surface area contributed by atoms with Gasteiger partial charge in [-0.05, 0) is 36.1 Å². The molecule has 0 heterocycles. The summed E-state index contributed by atoms with van der Waals surface area (Å²) in [6, 6.07) is 5.95. The van der Waals surface area contributed by atoms with Crippen LogP contribution in [0.5, 0.6) is 5.75 Å². The SMILES string of the molecule is COc1ccc(NCCCC(=O)O)cc1C(C)C. The highest BCUT2D eigenvalue weighted by atomic mass is 16.5. The van der Waals surface area contributed by atoms with Crippen LogP contribution in [0.25, 0.3) is 0 Å². The normalized spacial score (nSPS) is 10.4. The molecule has 100 valence electrons. The van der Waals surface area contributed by atoms with E-state index in [2.05, 4.69) is 25.2 Å². The zero-order valence-corrected chi connectivity index (χ0v) is 11.2. The molecule has 0 aliphatic rings. The molecule has 0 unspecified atom stereocenters. The first-order chi connectivity index (χ1) is 8.54. The first-order valence-electron chi connectivity index (χ1n) is 6.18. The fraction of sp³-hybridized carbons (Fsp3) is 0.500. The summed E-state index contributed by atoms with van der Waals surface area (Å²) in [6.07, 6.45) is 0.818. The summed E-state index contributed by atoms with van der Waals surface area (Å²) in [4.78, 5) is 10.4. The quantitative estimate of drug-likeness (QED) is 0.731. The van der Waals surface area contributed by atoms with Gasteiger partial charge in [-0.2, -0.15) is 0 Å². The van der Waals surface area contributed by atoms with Gasteiger partial charge < -0.3 is 15.2 Å². The summed E-state index contributed by atoms with van der Waals surface area (Å²) in [7, 11) is 1.67. The monoisotopic (exact) mass is 251 g/mol. The van der Waals surface area contributed by atoms with Crippen LogP contribution < -0.4 is 10.1 Å². The highest BCUT2D eigenvalue weighted by Crippen LogP contribution is 2.29. The summed E-state index contributed by atoms with van der Waals surface area (Å²) in [5.74, 6) is 0.524. The molecule has 0 atom stereocenters. The maximum absolute atomic E-state index is 10.4. The summed E-state index contributed by atoms with van der Waals surface area (Å²) >= 11 is 0. The molecule has 0 amide bonds. The fourth-order valence-electron chi connectivity index (χ4n) is 1.77. The molecule has 4 heteroatoms. The Hall–Kier alpha value is -1.71. The molecule has 4 nitrogen and oxygen atoms in total. The molecule has 1 aromatic rings. The van der Waals surface area contributed by atoms with Gasteiger partial charge in [-0.25, -0.2) is 0 Å². The highest BCUT2D eigenvalue weighted by molar-refractivity contribution is 5.66. The zero-order chi connectivity index (χ0) is 13.5. The first-order valence-corrected chi connectivity index (χ1v) is 6.18. The van der Waals surface area contributed by atoms with Crippen molar-refractivity contribution in [1.82, 2.24) is 0 Å². The van der Waals surface area contributed by atoms with E-state index in [1.54, 1.807) is 7.11 Å². The van der Waals surface area contributed by atoms with E-state index in [1.165, 1.54) is 0 Å². The maximum Gasteiger partial charge on any atom is 0.303 e. The number of rotatable bonds is 7. The number of carbonyl (C=O) groups is 1. The average Bonchev–Trinajstić information content (AvgIpc) is 2.34. The van der Waals surface area contributed by atoms with E-state index in [0.29, 0.717) is 18.9 Å². The largest absolute Gasteiger partial charge is 0.496 e. The van der Waals surface area contributed by atoms with Gasteiger partial charge in [0.15, 0.2) is 0 Å². The minimum Gasteiger partial charge on any atom is -0.496 e. The van der Waals surface area contributed by atoms with Crippen LogP contribution in [0.2, 0.25) is 0 Å². The lowest BCUT2D eigenvalue weighted by Gasteiger charge is -2.14. The van der Waals surface area contributed by atoms with E-state index in [1.807, 2.05) is 12.1 Å². The standard InChI is InChI=1S/C14H21NO3/c1-10(2)12-9-11(6-7-13(12)18-3)15-8-4-5-14(16)17/h6-7,9-10,15H,4-5,8H2,1-3H3,(H,16,17). The number of nitrogens with one attached hydrogen (secondary N) is 1. The number of hydrogen-bond donors (Lipinski definition) is 2. The Labute approximate surface area is 108 Å². The van der Waals surface area contributed by atoms with Crippen molar-refractivity contribution in [1.29, 1.82) is 0 Å². The third kappa shape index (κ3) is 4.28. The predicted octanol–water partition coefficient (Wildman–Crippen LogP) is 3.10. The molecule has 18 heavy (non-hydrogen) atoms. The Balaban J connectivity index is 2.61. The van der Waals surface area contributed by atoms with E-state index in [-0.39, 0.29) is 6.42 Å². The molecule has 0 saturated heterocycles. The van der Waals surface area contributed by atoms with Crippen molar-refractivity contribution < 1.29 is 14.6 Å². The molecule has 0 fully saturated rings. The zero-order valence-electron chi connectivity index (χ0n) is 11.2. The van der Waals surface area contributed by atoms with Gasteiger partial charge in [0.1, 0.15) is 5.75 Å². The topological polar surface area (TPSA) is 58.6 Å². The second-order valence-electron chi connectivity index (χ2n) is 4.54. The van der Waals surface area contributed by atoms with E-state index >= 15 is 0 Å². The van der Waals surface area contributed by atoms with Crippen molar-refractivity contribution >= 4 is 11.7 Å². The number of carboxylic acids is 1. The van der Waals surface area contributed by atoms with Crippen molar-refractivity contribution in [2.75, 3.05) is 19.0 Å². The molecule has 2 N–H and O–H groups in total. The predicted molar refractivity (Wildman–Crippen MR) is 72.4 cm³/mol. The number of ether oxygens (including phenoxy) is 1. The van der Waals surface area contributed by atoms with Crippen LogP contribution in [0, 0.1) is 0 Å². The molecular weight excluding hydrogens is 230 g/mol. The molecule has 0 aliphatic heterocycles. The van der Waals surface area contributed by atoms with Gasteiger partial charge in [0.05, 0.1) is 7.11 Å². The lowest BCUT2D eigenvalue weighted by atomic mass is 10.0. The van der Waals surface area contributed by atoms with Crippen molar-refractivity contribution in [3.8, 4) is 5.75 Å². The first kappa shape index (κ1) is 14.4. The van der Waals surface area contributed by atoms with Gasteiger partial charge in [-0.1, -0.05) is 13.8 Å². The van der Waals surface area contributed by atoms with E-state index in [0.717, 1.165) is 17.0 Å². The van der Waals surface area contributed by atoms with E-state index in [9.17, 15) is 4.79 Å². The summed E-state index contributed by atoms with van der Waals surface area (Å²) in [6.45, 7) is 4.90. The number of anilines is 1. The summed E-state index contributed by atoms with van der Waals surface area (Å²) < 4.78 is 5.31. The minimum atomic E-state index is -0.755. The Morgan fingerprint density at radius 3 is 2.72 bits per heavy atom. The van der Waals surface area contributed by atoms with Crippen molar-refractivity contribution in [2.45, 2.75) is 32.6 Å². The molecule has 1 aromatic carbocycles. The van der Waals surface area contributed by atoms with Gasteiger partial charge in [-0.15, -0.1) is 0 Å². The van der Waals surface area contributed by atoms with Gasteiger partial charge in [0, 0.05) is 18.7 Å². The number of methoxy groups -OCH3 is 1. The van der Waals surface area contributed by atoms with Gasteiger partial charge in [0.2, 0.25) is 0 Å². The van der Waals surface area contributed by atoms with Crippen LogP contribution in [-0.2, 0) is 4.79 Å². The molecule has 0 radical (unpaired) electrons. The molecule has 0 aliphatic carbocycles. The van der Waals surface area contributed by atoms with Crippen LogP contribution in [-0.4, -0.2) is 24.7 Å². The Kier molecular flexibility index (Phi) is 5.49. The van der Waals surface area contributed by atoms with E-state index in [4.69, 9.17) is 9.84 Å². The summed E-state index contributed by atoms with van der Waals surface area (Å²) in [5, 5.41) is 11.8. The number of carboxylic acid groups (broad SMARTS) is 1. The van der Waals surface area contributed by atoms with Gasteiger partial charge >= 0.3 is 5.97 Å². The molecular formula is C14H21NO3. The average molecular weight is 251 g/mol.